The fraction of sp³-hybridized carbons (Fsp3) is 0.533. The van der Waals surface area contributed by atoms with Crippen LogP contribution in [-0.4, -0.2) is 17.1 Å². The van der Waals surface area contributed by atoms with Crippen molar-refractivity contribution in [2.75, 3.05) is 0 Å². The molecule has 0 spiro atoms. The van der Waals surface area contributed by atoms with Gasteiger partial charge in [0, 0.05) is 6.42 Å². The first-order chi connectivity index (χ1) is 9.04. The fourth-order valence-corrected chi connectivity index (χ4v) is 1.89. The van der Waals surface area contributed by atoms with Gasteiger partial charge in [-0.2, -0.15) is 0 Å². The molecule has 0 heterocycles. The van der Waals surface area contributed by atoms with Gasteiger partial charge in [-0.05, 0) is 31.0 Å². The normalized spacial score (nSPS) is 13.9. The second kappa shape index (κ2) is 7.89. The Morgan fingerprint density at radius 1 is 1.32 bits per heavy atom. The number of halogens is 1. The van der Waals surface area contributed by atoms with Crippen LogP contribution in [0.1, 0.15) is 51.2 Å². The van der Waals surface area contributed by atoms with E-state index >= 15 is 0 Å². The van der Waals surface area contributed by atoms with Gasteiger partial charge in [0.25, 0.3) is 0 Å². The summed E-state index contributed by atoms with van der Waals surface area (Å²) in [5.74, 6) is -0.394. The van der Waals surface area contributed by atoms with E-state index in [4.69, 9.17) is 0 Å². The summed E-state index contributed by atoms with van der Waals surface area (Å²) >= 11 is 0. The Morgan fingerprint density at radius 2 is 1.95 bits per heavy atom. The predicted molar refractivity (Wildman–Crippen MR) is 73.1 cm³/mol. The summed E-state index contributed by atoms with van der Waals surface area (Å²) in [4.78, 5) is 11.6. The van der Waals surface area contributed by atoms with Crippen molar-refractivity contribution >= 4 is 5.91 Å². The van der Waals surface area contributed by atoms with Crippen molar-refractivity contribution in [3.05, 3.63) is 35.6 Å². The zero-order valence-corrected chi connectivity index (χ0v) is 11.5. The Balaban J connectivity index is 2.46. The van der Waals surface area contributed by atoms with Gasteiger partial charge < -0.3 is 10.4 Å². The number of benzene rings is 1. The van der Waals surface area contributed by atoms with Crippen LogP contribution in [-0.2, 0) is 4.79 Å². The highest BCUT2D eigenvalue weighted by Crippen LogP contribution is 2.17. The second-order valence-electron chi connectivity index (χ2n) is 4.81. The van der Waals surface area contributed by atoms with Crippen LogP contribution in [0.25, 0.3) is 0 Å². The lowest BCUT2D eigenvalue weighted by atomic mass is 10.0. The molecule has 0 aliphatic heterocycles. The molecule has 0 saturated carbocycles. The van der Waals surface area contributed by atoms with Crippen LogP contribution in [0.5, 0.6) is 0 Å². The molecule has 0 aliphatic carbocycles. The quantitative estimate of drug-likeness (QED) is 0.746. The third kappa shape index (κ3) is 5.39. The van der Waals surface area contributed by atoms with Gasteiger partial charge >= 0.3 is 0 Å². The lowest BCUT2D eigenvalue weighted by Crippen LogP contribution is -2.36. The van der Waals surface area contributed by atoms with Crippen molar-refractivity contribution in [3.63, 3.8) is 0 Å². The van der Waals surface area contributed by atoms with Gasteiger partial charge in [0.15, 0.2) is 0 Å². The number of aliphatic hydroxyl groups is 1. The van der Waals surface area contributed by atoms with Crippen LogP contribution in [0.3, 0.4) is 0 Å². The molecular weight excluding hydrogens is 245 g/mol. The van der Waals surface area contributed by atoms with Crippen LogP contribution < -0.4 is 5.32 Å². The predicted octanol–water partition coefficient (Wildman–Crippen LogP) is 2.94. The summed E-state index contributed by atoms with van der Waals surface area (Å²) in [6, 6.07) is 5.27. The van der Waals surface area contributed by atoms with Gasteiger partial charge in [-0.1, -0.05) is 31.9 Å². The summed E-state index contributed by atoms with van der Waals surface area (Å²) in [5, 5.41) is 12.8. The molecule has 2 N–H and O–H groups in total. The highest BCUT2D eigenvalue weighted by molar-refractivity contribution is 5.76. The minimum absolute atomic E-state index is 0.0536. The Labute approximate surface area is 113 Å². The van der Waals surface area contributed by atoms with Gasteiger partial charge in [-0.3, -0.25) is 4.79 Å². The lowest BCUT2D eigenvalue weighted by molar-refractivity contribution is -0.122. The number of hydrogen-bond donors (Lipinski definition) is 2. The molecule has 106 valence electrons. The summed E-state index contributed by atoms with van der Waals surface area (Å²) in [6.07, 6.45) is 2.62. The van der Waals surface area contributed by atoms with Crippen LogP contribution in [0.4, 0.5) is 4.39 Å². The average molecular weight is 267 g/mol. The van der Waals surface area contributed by atoms with E-state index < -0.39 is 6.10 Å². The van der Waals surface area contributed by atoms with Crippen molar-refractivity contribution in [2.45, 2.75) is 51.7 Å². The third-order valence-corrected chi connectivity index (χ3v) is 3.08. The van der Waals surface area contributed by atoms with Crippen LogP contribution >= 0.6 is 0 Å². The van der Waals surface area contributed by atoms with Gasteiger partial charge in [0.1, 0.15) is 5.82 Å². The topological polar surface area (TPSA) is 49.3 Å². The van der Waals surface area contributed by atoms with Gasteiger partial charge in [0.05, 0.1) is 12.1 Å². The van der Waals surface area contributed by atoms with Gasteiger partial charge in [0.2, 0.25) is 5.91 Å². The molecule has 0 radical (unpaired) electrons. The molecule has 1 aromatic rings. The largest absolute Gasteiger partial charge is 0.386 e. The Morgan fingerprint density at radius 3 is 2.53 bits per heavy atom. The third-order valence-electron chi connectivity index (χ3n) is 3.08. The zero-order chi connectivity index (χ0) is 14.3. The van der Waals surface area contributed by atoms with E-state index in [-0.39, 0.29) is 17.8 Å². The van der Waals surface area contributed by atoms with E-state index in [1.54, 1.807) is 6.92 Å². The van der Waals surface area contributed by atoms with E-state index in [1.807, 2.05) is 0 Å². The second-order valence-corrected chi connectivity index (χ2v) is 4.81. The summed E-state index contributed by atoms with van der Waals surface area (Å²) < 4.78 is 12.8. The van der Waals surface area contributed by atoms with E-state index in [1.165, 1.54) is 24.3 Å². The SMILES string of the molecule is CCCCCC(=O)NC(C)C(O)c1ccc(F)cc1. The number of hydrogen-bond acceptors (Lipinski definition) is 2. The molecule has 1 aromatic carbocycles. The lowest BCUT2D eigenvalue weighted by Gasteiger charge is -2.20. The molecule has 0 saturated heterocycles. The molecule has 3 nitrogen and oxygen atoms in total. The molecule has 0 fully saturated rings. The number of amides is 1. The Kier molecular flexibility index (Phi) is 6.50. The maximum Gasteiger partial charge on any atom is 0.220 e. The highest BCUT2D eigenvalue weighted by atomic mass is 19.1. The number of nitrogens with one attached hydrogen (secondary N) is 1. The van der Waals surface area contributed by atoms with E-state index in [0.717, 1.165) is 19.3 Å². The van der Waals surface area contributed by atoms with Crippen LogP contribution in [0.15, 0.2) is 24.3 Å². The van der Waals surface area contributed by atoms with Gasteiger partial charge in [-0.15, -0.1) is 0 Å². The summed E-state index contributed by atoms with van der Waals surface area (Å²) in [5.41, 5.74) is 0.600. The number of carbonyl (C=O) groups excluding carboxylic acids is 1. The smallest absolute Gasteiger partial charge is 0.220 e. The standard InChI is InChI=1S/C15H22FNO2/c1-3-4-5-6-14(18)17-11(2)15(19)12-7-9-13(16)10-8-12/h7-11,15,19H,3-6H2,1-2H3,(H,17,18). The van der Waals surface area contributed by atoms with E-state index in [2.05, 4.69) is 12.2 Å². The molecule has 19 heavy (non-hydrogen) atoms. The van der Waals surface area contributed by atoms with Crippen LogP contribution in [0.2, 0.25) is 0 Å². The molecule has 2 unspecified atom stereocenters. The van der Waals surface area contributed by atoms with Gasteiger partial charge in [-0.25, -0.2) is 4.39 Å². The Hall–Kier alpha value is -1.42. The molecule has 1 rings (SSSR count). The monoisotopic (exact) mass is 267 g/mol. The van der Waals surface area contributed by atoms with Crippen molar-refractivity contribution < 1.29 is 14.3 Å². The average Bonchev–Trinajstić information content (AvgIpc) is 2.39. The van der Waals surface area contributed by atoms with Crippen molar-refractivity contribution in [2.24, 2.45) is 0 Å². The van der Waals surface area contributed by atoms with Crippen molar-refractivity contribution in [3.8, 4) is 0 Å². The minimum atomic E-state index is -0.823. The van der Waals surface area contributed by atoms with Crippen LogP contribution in [0, 0.1) is 5.82 Å². The maximum absolute atomic E-state index is 12.8. The first-order valence-corrected chi connectivity index (χ1v) is 6.77. The number of aliphatic hydroxyl groups excluding tert-OH is 1. The molecule has 1 amide bonds. The molecule has 4 heteroatoms. The van der Waals surface area contributed by atoms with Crippen molar-refractivity contribution in [1.29, 1.82) is 0 Å². The van der Waals surface area contributed by atoms with E-state index in [9.17, 15) is 14.3 Å². The van der Waals surface area contributed by atoms with E-state index in [0.29, 0.717) is 12.0 Å². The Bertz CT molecular complexity index is 392. The molecule has 0 aliphatic rings. The zero-order valence-electron chi connectivity index (χ0n) is 11.5. The summed E-state index contributed by atoms with van der Waals surface area (Å²) in [6.45, 7) is 3.82. The highest BCUT2D eigenvalue weighted by Gasteiger charge is 2.18. The molecule has 0 aromatic heterocycles. The first-order valence-electron chi connectivity index (χ1n) is 6.77. The number of unbranched alkanes of at least 4 members (excludes halogenated alkanes) is 2. The minimum Gasteiger partial charge on any atom is -0.386 e. The molecule has 2 atom stereocenters. The van der Waals surface area contributed by atoms with Crippen molar-refractivity contribution in [1.82, 2.24) is 5.32 Å². The first kappa shape index (κ1) is 15.6. The number of carbonyl (C=O) groups is 1. The fourth-order valence-electron chi connectivity index (χ4n) is 1.89. The number of rotatable bonds is 7. The summed E-state index contributed by atoms with van der Waals surface area (Å²) in [7, 11) is 0. The molecular formula is C15H22FNO2. The maximum atomic E-state index is 12.8. The molecule has 0 bridgehead atoms.